The van der Waals surface area contributed by atoms with Gasteiger partial charge >= 0.3 is 0 Å². The van der Waals surface area contributed by atoms with Crippen molar-refractivity contribution in [3.8, 4) is 0 Å². The predicted octanol–water partition coefficient (Wildman–Crippen LogP) is 4.88. The lowest BCUT2D eigenvalue weighted by molar-refractivity contribution is 0.0742. The van der Waals surface area contributed by atoms with Crippen LogP contribution in [0.1, 0.15) is 28.9 Å². The van der Waals surface area contributed by atoms with Gasteiger partial charge in [0, 0.05) is 29.5 Å². The fourth-order valence-corrected chi connectivity index (χ4v) is 2.70. The smallest absolute Gasteiger partial charge is 0.257 e. The number of hydrogen-bond acceptors (Lipinski definition) is 2. The third-order valence-corrected chi connectivity index (χ3v) is 4.20. The van der Waals surface area contributed by atoms with Gasteiger partial charge in [0.05, 0.1) is 16.6 Å². The molecule has 0 spiro atoms. The van der Waals surface area contributed by atoms with Gasteiger partial charge in [-0.2, -0.15) is 0 Å². The fourth-order valence-electron chi connectivity index (χ4n) is 1.95. The summed E-state index contributed by atoms with van der Waals surface area (Å²) in [5.41, 5.74) is 1.18. The zero-order valence-electron chi connectivity index (χ0n) is 11.5. The van der Waals surface area contributed by atoms with Crippen LogP contribution < -0.4 is 0 Å². The first-order valence-corrected chi connectivity index (χ1v) is 7.37. The molecule has 21 heavy (non-hydrogen) atoms. The maximum atomic E-state index is 12.5. The van der Waals surface area contributed by atoms with Crippen molar-refractivity contribution in [2.45, 2.75) is 13.0 Å². The van der Waals surface area contributed by atoms with Crippen molar-refractivity contribution < 1.29 is 4.79 Å². The van der Waals surface area contributed by atoms with Crippen LogP contribution in [0.25, 0.3) is 0 Å². The molecule has 0 saturated heterocycles. The van der Waals surface area contributed by atoms with E-state index in [1.165, 1.54) is 6.20 Å². The summed E-state index contributed by atoms with van der Waals surface area (Å²) in [6.07, 6.45) is 3.00. The lowest BCUT2D eigenvalue weighted by Gasteiger charge is -2.26. The van der Waals surface area contributed by atoms with Crippen LogP contribution >= 0.6 is 34.8 Å². The Labute approximate surface area is 138 Å². The van der Waals surface area contributed by atoms with E-state index in [0.717, 1.165) is 5.56 Å². The maximum Gasteiger partial charge on any atom is 0.257 e. The zero-order chi connectivity index (χ0) is 15.6. The van der Waals surface area contributed by atoms with Crippen molar-refractivity contribution in [1.82, 2.24) is 9.88 Å². The summed E-state index contributed by atoms with van der Waals surface area (Å²) in [4.78, 5) is 18.0. The number of carbonyl (C=O) groups is 1. The van der Waals surface area contributed by atoms with Gasteiger partial charge in [0.1, 0.15) is 0 Å². The first-order chi connectivity index (χ1) is 9.91. The molecule has 0 N–H and O–H groups in total. The molecule has 0 bridgehead atoms. The average molecular weight is 344 g/mol. The molecule has 1 unspecified atom stereocenters. The lowest BCUT2D eigenvalue weighted by Crippen LogP contribution is -2.30. The SMILES string of the molecule is CC(c1ccc(Cl)cc1Cl)N(C)C(=O)c1cnccc1Cl. The molecule has 2 rings (SSSR count). The molecule has 1 heterocycles. The number of benzene rings is 1. The summed E-state index contributed by atoms with van der Waals surface area (Å²) < 4.78 is 0. The predicted molar refractivity (Wildman–Crippen MR) is 86.2 cm³/mol. The van der Waals surface area contributed by atoms with Crippen LogP contribution in [0.3, 0.4) is 0 Å². The Balaban J connectivity index is 2.29. The molecular weight excluding hydrogens is 331 g/mol. The molecule has 0 aliphatic carbocycles. The monoisotopic (exact) mass is 342 g/mol. The molecule has 0 saturated carbocycles. The number of rotatable bonds is 3. The minimum absolute atomic E-state index is 0.216. The van der Waals surface area contributed by atoms with Gasteiger partial charge in [0.25, 0.3) is 5.91 Å². The minimum atomic E-state index is -0.224. The van der Waals surface area contributed by atoms with Gasteiger partial charge in [-0.25, -0.2) is 0 Å². The van der Waals surface area contributed by atoms with E-state index in [1.807, 2.05) is 13.0 Å². The number of halogens is 3. The molecule has 1 atom stereocenters. The van der Waals surface area contributed by atoms with Crippen LogP contribution in [0.5, 0.6) is 0 Å². The number of nitrogens with zero attached hydrogens (tertiary/aromatic N) is 2. The highest BCUT2D eigenvalue weighted by Gasteiger charge is 2.22. The molecule has 1 amide bonds. The van der Waals surface area contributed by atoms with Gasteiger partial charge < -0.3 is 4.90 Å². The van der Waals surface area contributed by atoms with Crippen molar-refractivity contribution in [2.75, 3.05) is 7.05 Å². The van der Waals surface area contributed by atoms with E-state index in [2.05, 4.69) is 4.98 Å². The van der Waals surface area contributed by atoms with E-state index in [0.29, 0.717) is 20.6 Å². The Morgan fingerprint density at radius 3 is 2.52 bits per heavy atom. The van der Waals surface area contributed by atoms with E-state index < -0.39 is 0 Å². The Hall–Kier alpha value is -1.29. The van der Waals surface area contributed by atoms with Gasteiger partial charge in [0.15, 0.2) is 0 Å². The standard InChI is InChI=1S/C15H13Cl3N2O/c1-9(11-4-3-10(16)7-14(11)18)20(2)15(21)12-8-19-6-5-13(12)17/h3-9H,1-2H3. The van der Waals surface area contributed by atoms with Crippen LogP contribution in [0.2, 0.25) is 15.1 Å². The first kappa shape index (κ1) is 16.1. The summed E-state index contributed by atoms with van der Waals surface area (Å²) in [6, 6.07) is 6.57. The Morgan fingerprint density at radius 2 is 1.90 bits per heavy atom. The van der Waals surface area contributed by atoms with Crippen molar-refractivity contribution in [3.63, 3.8) is 0 Å². The number of carbonyl (C=O) groups excluding carboxylic acids is 1. The van der Waals surface area contributed by atoms with E-state index in [-0.39, 0.29) is 11.9 Å². The van der Waals surface area contributed by atoms with Crippen LogP contribution in [-0.4, -0.2) is 22.8 Å². The van der Waals surface area contributed by atoms with Gasteiger partial charge in [-0.1, -0.05) is 40.9 Å². The minimum Gasteiger partial charge on any atom is -0.335 e. The summed E-state index contributed by atoms with van der Waals surface area (Å²) in [5.74, 6) is -0.216. The van der Waals surface area contributed by atoms with Crippen molar-refractivity contribution >= 4 is 40.7 Å². The molecular formula is C15H13Cl3N2O. The molecule has 1 aromatic heterocycles. The van der Waals surface area contributed by atoms with Crippen LogP contribution in [-0.2, 0) is 0 Å². The third-order valence-electron chi connectivity index (χ3n) is 3.31. The topological polar surface area (TPSA) is 33.2 Å². The molecule has 6 heteroatoms. The second kappa shape index (κ2) is 6.65. The second-order valence-electron chi connectivity index (χ2n) is 4.61. The number of amides is 1. The van der Waals surface area contributed by atoms with Crippen LogP contribution in [0.15, 0.2) is 36.7 Å². The molecule has 3 nitrogen and oxygen atoms in total. The summed E-state index contributed by atoms with van der Waals surface area (Å²) in [6.45, 7) is 1.89. The van der Waals surface area contributed by atoms with Crippen LogP contribution in [0, 0.1) is 0 Å². The molecule has 0 radical (unpaired) electrons. The third kappa shape index (κ3) is 3.49. The van der Waals surface area contributed by atoms with Crippen molar-refractivity contribution in [1.29, 1.82) is 0 Å². The molecule has 0 aliphatic rings. The van der Waals surface area contributed by atoms with Gasteiger partial charge in [-0.05, 0) is 30.7 Å². The molecule has 1 aromatic carbocycles. The van der Waals surface area contributed by atoms with E-state index >= 15 is 0 Å². The number of hydrogen-bond donors (Lipinski definition) is 0. The average Bonchev–Trinajstić information content (AvgIpc) is 2.45. The maximum absolute atomic E-state index is 12.5. The number of aromatic nitrogens is 1. The summed E-state index contributed by atoms with van der Waals surface area (Å²) in [5, 5.41) is 1.45. The fraction of sp³-hybridized carbons (Fsp3) is 0.200. The van der Waals surface area contributed by atoms with Gasteiger partial charge in [0.2, 0.25) is 0 Å². The molecule has 110 valence electrons. The summed E-state index contributed by atoms with van der Waals surface area (Å²) >= 11 is 18.1. The molecule has 0 aliphatic heterocycles. The highest BCUT2D eigenvalue weighted by atomic mass is 35.5. The normalized spacial score (nSPS) is 12.0. The Kier molecular flexibility index (Phi) is 5.09. The highest BCUT2D eigenvalue weighted by Crippen LogP contribution is 2.30. The Bertz CT molecular complexity index is 676. The van der Waals surface area contributed by atoms with E-state index in [1.54, 1.807) is 36.3 Å². The zero-order valence-corrected chi connectivity index (χ0v) is 13.7. The van der Waals surface area contributed by atoms with Gasteiger partial charge in [-0.3, -0.25) is 9.78 Å². The van der Waals surface area contributed by atoms with Crippen molar-refractivity contribution in [3.05, 3.63) is 62.9 Å². The largest absolute Gasteiger partial charge is 0.335 e. The van der Waals surface area contributed by atoms with E-state index in [4.69, 9.17) is 34.8 Å². The quantitative estimate of drug-likeness (QED) is 0.796. The van der Waals surface area contributed by atoms with Crippen molar-refractivity contribution in [2.24, 2.45) is 0 Å². The first-order valence-electron chi connectivity index (χ1n) is 6.23. The van der Waals surface area contributed by atoms with E-state index in [9.17, 15) is 4.79 Å². The molecule has 2 aromatic rings. The summed E-state index contributed by atoms with van der Waals surface area (Å²) in [7, 11) is 1.70. The number of pyridine rings is 1. The second-order valence-corrected chi connectivity index (χ2v) is 5.86. The van der Waals surface area contributed by atoms with Gasteiger partial charge in [-0.15, -0.1) is 0 Å². The lowest BCUT2D eigenvalue weighted by atomic mass is 10.1. The Morgan fingerprint density at radius 1 is 1.19 bits per heavy atom. The molecule has 0 fully saturated rings. The van der Waals surface area contributed by atoms with Crippen LogP contribution in [0.4, 0.5) is 0 Å². The highest BCUT2D eigenvalue weighted by molar-refractivity contribution is 6.35.